The van der Waals surface area contributed by atoms with Crippen molar-refractivity contribution in [2.75, 3.05) is 0 Å². The number of nitrogens with zero attached hydrogens (tertiary/aromatic N) is 4. The Morgan fingerprint density at radius 1 is 0.864 bits per heavy atom. The fourth-order valence-corrected chi connectivity index (χ4v) is 2.61. The first-order valence-corrected chi connectivity index (χ1v) is 7.18. The second kappa shape index (κ2) is 5.41. The van der Waals surface area contributed by atoms with E-state index in [2.05, 4.69) is 26.7 Å². The number of aromatic nitrogens is 4. The van der Waals surface area contributed by atoms with Gasteiger partial charge < -0.3 is 0 Å². The van der Waals surface area contributed by atoms with Crippen LogP contribution in [0.2, 0.25) is 0 Å². The first kappa shape index (κ1) is 12.7. The van der Waals surface area contributed by atoms with E-state index in [4.69, 9.17) is 4.98 Å². The third-order valence-corrected chi connectivity index (χ3v) is 3.59. The number of hydrogen-bond donors (Lipinski definition) is 0. The Morgan fingerprint density at radius 2 is 1.73 bits per heavy atom. The van der Waals surface area contributed by atoms with Crippen LogP contribution in [0.15, 0.2) is 73.2 Å². The highest BCUT2D eigenvalue weighted by molar-refractivity contribution is 5.73. The van der Waals surface area contributed by atoms with Crippen LogP contribution < -0.4 is 0 Å². The summed E-state index contributed by atoms with van der Waals surface area (Å²) in [4.78, 5) is 13.5. The van der Waals surface area contributed by atoms with Gasteiger partial charge in [0, 0.05) is 18.8 Å². The lowest BCUT2D eigenvalue weighted by atomic mass is 10.1. The normalized spacial score (nSPS) is 10.9. The summed E-state index contributed by atoms with van der Waals surface area (Å²) in [7, 11) is 0. The van der Waals surface area contributed by atoms with Gasteiger partial charge in [-0.1, -0.05) is 30.3 Å². The Balaban J connectivity index is 1.90. The molecule has 0 radical (unpaired) electrons. The molecule has 0 fully saturated rings. The van der Waals surface area contributed by atoms with Gasteiger partial charge in [-0.25, -0.2) is 9.97 Å². The molecule has 3 heterocycles. The first-order chi connectivity index (χ1) is 10.9. The van der Waals surface area contributed by atoms with Crippen molar-refractivity contribution >= 4 is 11.2 Å². The number of rotatable bonds is 3. The fraction of sp³-hybridized carbons (Fsp3) is 0.0556. The third-order valence-electron chi connectivity index (χ3n) is 3.59. The third kappa shape index (κ3) is 2.24. The Bertz CT molecular complexity index is 898. The van der Waals surface area contributed by atoms with Crippen molar-refractivity contribution in [2.45, 2.75) is 6.42 Å². The van der Waals surface area contributed by atoms with E-state index in [1.165, 1.54) is 5.56 Å². The van der Waals surface area contributed by atoms with Gasteiger partial charge in [0.05, 0.1) is 11.9 Å². The zero-order chi connectivity index (χ0) is 14.8. The molecule has 0 saturated carbocycles. The molecule has 4 heteroatoms. The van der Waals surface area contributed by atoms with E-state index in [9.17, 15) is 0 Å². The van der Waals surface area contributed by atoms with E-state index in [0.717, 1.165) is 29.1 Å². The second-order valence-corrected chi connectivity index (χ2v) is 5.08. The molecule has 4 rings (SSSR count). The summed E-state index contributed by atoms with van der Waals surface area (Å²) in [5.74, 6) is 0.966. The van der Waals surface area contributed by atoms with E-state index in [1.807, 2.05) is 48.7 Å². The molecule has 0 saturated heterocycles. The topological polar surface area (TPSA) is 43.6 Å². The molecule has 0 bridgehead atoms. The Labute approximate surface area is 128 Å². The average molecular weight is 286 g/mol. The molecule has 0 N–H and O–H groups in total. The lowest BCUT2D eigenvalue weighted by Gasteiger charge is -2.08. The number of imidazole rings is 1. The van der Waals surface area contributed by atoms with Crippen LogP contribution in [0.25, 0.3) is 16.9 Å². The lowest BCUT2D eigenvalue weighted by Crippen LogP contribution is -2.03. The number of hydrogen-bond acceptors (Lipinski definition) is 3. The maximum absolute atomic E-state index is 4.76. The first-order valence-electron chi connectivity index (χ1n) is 7.18. The van der Waals surface area contributed by atoms with E-state index in [1.54, 1.807) is 12.4 Å². The van der Waals surface area contributed by atoms with Crippen LogP contribution in [0.4, 0.5) is 0 Å². The highest BCUT2D eigenvalue weighted by Gasteiger charge is 2.13. The molecule has 0 unspecified atom stereocenters. The minimum Gasteiger partial charge on any atom is -0.279 e. The standard InChI is InChI=1S/C18H14N4/c1-2-6-14(7-3-1)12-17-21-16-9-5-11-20-18(16)22(17)15-8-4-10-19-13-15/h1-11,13H,12H2. The molecule has 106 valence electrons. The molecule has 4 nitrogen and oxygen atoms in total. The van der Waals surface area contributed by atoms with Gasteiger partial charge in [0.1, 0.15) is 11.3 Å². The quantitative estimate of drug-likeness (QED) is 0.579. The molecule has 0 spiro atoms. The maximum Gasteiger partial charge on any atom is 0.164 e. The molecule has 0 aliphatic heterocycles. The van der Waals surface area contributed by atoms with Crippen LogP contribution in [0.1, 0.15) is 11.4 Å². The van der Waals surface area contributed by atoms with Crippen molar-refractivity contribution in [3.8, 4) is 5.69 Å². The van der Waals surface area contributed by atoms with Gasteiger partial charge >= 0.3 is 0 Å². The summed E-state index contributed by atoms with van der Waals surface area (Å²) in [5, 5.41) is 0. The number of fused-ring (bicyclic) bond motifs is 1. The van der Waals surface area contributed by atoms with E-state index < -0.39 is 0 Å². The predicted octanol–water partition coefficient (Wildman–Crippen LogP) is 3.41. The van der Waals surface area contributed by atoms with Crippen molar-refractivity contribution < 1.29 is 0 Å². The Kier molecular flexibility index (Phi) is 3.12. The van der Waals surface area contributed by atoms with Gasteiger partial charge in [0.25, 0.3) is 0 Å². The Morgan fingerprint density at radius 3 is 2.55 bits per heavy atom. The zero-order valence-corrected chi connectivity index (χ0v) is 11.9. The summed E-state index contributed by atoms with van der Waals surface area (Å²) in [6.07, 6.45) is 6.16. The largest absolute Gasteiger partial charge is 0.279 e. The van der Waals surface area contributed by atoms with Gasteiger partial charge in [0.15, 0.2) is 5.65 Å². The van der Waals surface area contributed by atoms with Crippen molar-refractivity contribution in [1.29, 1.82) is 0 Å². The van der Waals surface area contributed by atoms with Gasteiger partial charge in [0.2, 0.25) is 0 Å². The highest BCUT2D eigenvalue weighted by Crippen LogP contribution is 2.21. The number of pyridine rings is 2. The van der Waals surface area contributed by atoms with Crippen LogP contribution in [0.3, 0.4) is 0 Å². The van der Waals surface area contributed by atoms with Crippen LogP contribution in [-0.4, -0.2) is 19.5 Å². The van der Waals surface area contributed by atoms with Gasteiger partial charge in [-0.05, 0) is 29.8 Å². The van der Waals surface area contributed by atoms with Gasteiger partial charge in [-0.3, -0.25) is 9.55 Å². The smallest absolute Gasteiger partial charge is 0.164 e. The lowest BCUT2D eigenvalue weighted by molar-refractivity contribution is 0.919. The molecule has 4 aromatic rings. The minimum atomic E-state index is 0.756. The van der Waals surface area contributed by atoms with E-state index in [0.29, 0.717) is 0 Å². The summed E-state index contributed by atoms with van der Waals surface area (Å²) in [5.41, 5.74) is 3.97. The molecule has 0 aliphatic carbocycles. The van der Waals surface area contributed by atoms with Gasteiger partial charge in [-0.15, -0.1) is 0 Å². The SMILES string of the molecule is c1ccc(Cc2nc3cccnc3n2-c2cccnc2)cc1. The summed E-state index contributed by atoms with van der Waals surface area (Å²) in [6, 6.07) is 18.2. The highest BCUT2D eigenvalue weighted by atomic mass is 15.1. The Hall–Kier alpha value is -3.01. The van der Waals surface area contributed by atoms with Crippen molar-refractivity contribution in [3.63, 3.8) is 0 Å². The average Bonchev–Trinajstić information content (AvgIpc) is 2.94. The van der Waals surface area contributed by atoms with E-state index in [-0.39, 0.29) is 0 Å². The molecule has 3 aromatic heterocycles. The summed E-state index contributed by atoms with van der Waals surface area (Å²) >= 11 is 0. The van der Waals surface area contributed by atoms with E-state index >= 15 is 0 Å². The summed E-state index contributed by atoms with van der Waals surface area (Å²) in [6.45, 7) is 0. The fourth-order valence-electron chi connectivity index (χ4n) is 2.61. The maximum atomic E-state index is 4.76. The molecular formula is C18H14N4. The molecule has 0 amide bonds. The number of benzene rings is 1. The molecule has 0 atom stereocenters. The summed E-state index contributed by atoms with van der Waals surface area (Å²) < 4.78 is 2.08. The molecule has 22 heavy (non-hydrogen) atoms. The van der Waals surface area contributed by atoms with Crippen LogP contribution in [0.5, 0.6) is 0 Å². The van der Waals surface area contributed by atoms with Crippen LogP contribution >= 0.6 is 0 Å². The van der Waals surface area contributed by atoms with Crippen molar-refractivity contribution in [2.24, 2.45) is 0 Å². The van der Waals surface area contributed by atoms with Crippen molar-refractivity contribution in [3.05, 3.63) is 84.6 Å². The molecular weight excluding hydrogens is 272 g/mol. The molecule has 1 aromatic carbocycles. The zero-order valence-electron chi connectivity index (χ0n) is 11.9. The van der Waals surface area contributed by atoms with Crippen molar-refractivity contribution in [1.82, 2.24) is 19.5 Å². The van der Waals surface area contributed by atoms with Crippen LogP contribution in [-0.2, 0) is 6.42 Å². The monoisotopic (exact) mass is 286 g/mol. The van der Waals surface area contributed by atoms with Crippen LogP contribution in [0, 0.1) is 0 Å². The molecule has 0 aliphatic rings. The predicted molar refractivity (Wildman–Crippen MR) is 85.9 cm³/mol. The van der Waals surface area contributed by atoms with Gasteiger partial charge in [-0.2, -0.15) is 0 Å². The minimum absolute atomic E-state index is 0.756. The second-order valence-electron chi connectivity index (χ2n) is 5.08.